The number of nitrogens with zero attached hydrogens (tertiary/aromatic N) is 2. The van der Waals surface area contributed by atoms with Gasteiger partial charge in [-0.2, -0.15) is 0 Å². The molecule has 0 aliphatic carbocycles. The van der Waals surface area contributed by atoms with Crippen LogP contribution in [0.5, 0.6) is 5.75 Å². The Labute approximate surface area is 133 Å². The second-order valence-electron chi connectivity index (χ2n) is 3.94. The number of nitrogens with two attached hydrogens (primary N) is 1. The van der Waals surface area contributed by atoms with Crippen LogP contribution < -0.4 is 16.0 Å². The maximum absolute atomic E-state index is 11.1. The first-order valence-electron chi connectivity index (χ1n) is 5.69. The number of nitrogen functional groups attached to an aromatic ring is 1. The van der Waals surface area contributed by atoms with Crippen molar-refractivity contribution < 1.29 is 9.66 Å². The smallest absolute Gasteiger partial charge is 0.313 e. The SMILES string of the molecule is NNc1ncccc1COc1c(Br)cc(Cl)cc1[N+](=O)[O-]. The van der Waals surface area contributed by atoms with Crippen molar-refractivity contribution in [3.05, 3.63) is 55.6 Å². The van der Waals surface area contributed by atoms with Gasteiger partial charge >= 0.3 is 5.69 Å². The predicted octanol–water partition coefficient (Wildman–Crippen LogP) is 3.27. The van der Waals surface area contributed by atoms with Crippen molar-refractivity contribution in [2.45, 2.75) is 6.61 Å². The summed E-state index contributed by atoms with van der Waals surface area (Å²) in [4.78, 5) is 14.5. The third kappa shape index (κ3) is 3.60. The monoisotopic (exact) mass is 372 g/mol. The number of hydrazine groups is 1. The number of rotatable bonds is 5. The topological polar surface area (TPSA) is 103 Å². The molecule has 0 aliphatic heterocycles. The van der Waals surface area contributed by atoms with Crippen LogP contribution in [-0.4, -0.2) is 9.91 Å². The van der Waals surface area contributed by atoms with Crippen molar-refractivity contribution in [3.8, 4) is 5.75 Å². The van der Waals surface area contributed by atoms with E-state index >= 15 is 0 Å². The van der Waals surface area contributed by atoms with E-state index < -0.39 is 4.92 Å². The summed E-state index contributed by atoms with van der Waals surface area (Å²) in [6.45, 7) is 0.0639. The van der Waals surface area contributed by atoms with E-state index in [2.05, 4.69) is 26.3 Å². The Hall–Kier alpha value is -1.90. The summed E-state index contributed by atoms with van der Waals surface area (Å²) >= 11 is 9.01. The first-order valence-corrected chi connectivity index (χ1v) is 6.86. The van der Waals surface area contributed by atoms with Crippen molar-refractivity contribution >= 4 is 39.0 Å². The zero-order valence-electron chi connectivity index (χ0n) is 10.5. The van der Waals surface area contributed by atoms with Crippen LogP contribution in [0.25, 0.3) is 0 Å². The molecule has 0 bridgehead atoms. The molecule has 9 heteroatoms. The Morgan fingerprint density at radius 3 is 2.95 bits per heavy atom. The van der Waals surface area contributed by atoms with Gasteiger partial charge in [0.25, 0.3) is 0 Å². The van der Waals surface area contributed by atoms with Crippen molar-refractivity contribution in [2.24, 2.45) is 5.84 Å². The zero-order chi connectivity index (χ0) is 15.4. The highest BCUT2D eigenvalue weighted by Crippen LogP contribution is 2.38. The van der Waals surface area contributed by atoms with Crippen LogP contribution in [0.15, 0.2) is 34.9 Å². The fourth-order valence-electron chi connectivity index (χ4n) is 1.66. The molecule has 1 heterocycles. The molecular formula is C12H10BrClN4O3. The quantitative estimate of drug-likeness (QED) is 0.473. The lowest BCUT2D eigenvalue weighted by Gasteiger charge is -2.11. The maximum Gasteiger partial charge on any atom is 0.313 e. The molecule has 3 N–H and O–H groups in total. The van der Waals surface area contributed by atoms with Gasteiger partial charge in [0.1, 0.15) is 12.4 Å². The van der Waals surface area contributed by atoms with Gasteiger partial charge in [-0.25, -0.2) is 10.8 Å². The molecule has 1 aromatic heterocycles. The van der Waals surface area contributed by atoms with Crippen LogP contribution in [-0.2, 0) is 6.61 Å². The number of hydrogen-bond donors (Lipinski definition) is 2. The van der Waals surface area contributed by atoms with Gasteiger partial charge in [-0.3, -0.25) is 10.1 Å². The van der Waals surface area contributed by atoms with Crippen LogP contribution in [0.4, 0.5) is 11.5 Å². The molecule has 0 saturated carbocycles. The van der Waals surface area contributed by atoms with Crippen LogP contribution in [0.1, 0.15) is 5.56 Å². The molecule has 7 nitrogen and oxygen atoms in total. The molecule has 0 unspecified atom stereocenters. The fraction of sp³-hybridized carbons (Fsp3) is 0.0833. The number of nitro benzene ring substituents is 1. The highest BCUT2D eigenvalue weighted by atomic mass is 79.9. The minimum Gasteiger partial charge on any atom is -0.481 e. The first kappa shape index (κ1) is 15.5. The minimum atomic E-state index is -0.558. The summed E-state index contributed by atoms with van der Waals surface area (Å²) in [6.07, 6.45) is 1.57. The van der Waals surface area contributed by atoms with Crippen LogP contribution in [0.3, 0.4) is 0 Å². The Morgan fingerprint density at radius 1 is 1.52 bits per heavy atom. The third-order valence-electron chi connectivity index (χ3n) is 2.59. The number of anilines is 1. The largest absolute Gasteiger partial charge is 0.481 e. The second-order valence-corrected chi connectivity index (χ2v) is 5.23. The van der Waals surface area contributed by atoms with E-state index in [4.69, 9.17) is 22.2 Å². The van der Waals surface area contributed by atoms with E-state index in [0.29, 0.717) is 15.9 Å². The van der Waals surface area contributed by atoms with Gasteiger partial charge in [-0.1, -0.05) is 17.7 Å². The van der Waals surface area contributed by atoms with Gasteiger partial charge in [-0.15, -0.1) is 0 Å². The van der Waals surface area contributed by atoms with Gasteiger partial charge in [0.05, 0.1) is 9.40 Å². The van der Waals surface area contributed by atoms with E-state index in [1.54, 1.807) is 18.3 Å². The number of benzene rings is 1. The summed E-state index contributed by atoms with van der Waals surface area (Å²) in [5, 5.41) is 11.3. The Bertz CT molecular complexity index is 684. The maximum atomic E-state index is 11.1. The molecule has 0 atom stereocenters. The Balaban J connectivity index is 2.30. The van der Waals surface area contributed by atoms with Crippen LogP contribution >= 0.6 is 27.5 Å². The molecule has 0 saturated heterocycles. The summed E-state index contributed by atoms with van der Waals surface area (Å²) in [7, 11) is 0. The first-order chi connectivity index (χ1) is 10.0. The van der Waals surface area contributed by atoms with Gasteiger partial charge in [0.15, 0.2) is 0 Å². The van der Waals surface area contributed by atoms with E-state index in [1.807, 2.05) is 0 Å². The number of nitro groups is 1. The van der Waals surface area contributed by atoms with Gasteiger partial charge in [-0.05, 0) is 28.1 Å². The second kappa shape index (κ2) is 6.70. The number of pyridine rings is 1. The standard InChI is InChI=1S/C12H10BrClN4O3/c13-9-4-8(14)5-10(18(19)20)11(9)21-6-7-2-1-3-16-12(7)17-15/h1-5H,6,15H2,(H,16,17). The van der Waals surface area contributed by atoms with Crippen molar-refractivity contribution in [1.29, 1.82) is 0 Å². The third-order valence-corrected chi connectivity index (χ3v) is 3.39. The lowest BCUT2D eigenvalue weighted by molar-refractivity contribution is -0.386. The minimum absolute atomic E-state index is 0.0639. The number of ether oxygens (including phenoxy) is 1. The Kier molecular flexibility index (Phi) is 4.94. The zero-order valence-corrected chi connectivity index (χ0v) is 12.9. The predicted molar refractivity (Wildman–Crippen MR) is 82.2 cm³/mol. The summed E-state index contributed by atoms with van der Waals surface area (Å²) in [5.74, 6) is 5.87. The van der Waals surface area contributed by atoms with Gasteiger partial charge in [0.2, 0.25) is 5.75 Å². The number of hydrogen-bond acceptors (Lipinski definition) is 6. The lowest BCUT2D eigenvalue weighted by Crippen LogP contribution is -2.12. The van der Waals surface area contributed by atoms with Gasteiger partial charge in [0, 0.05) is 22.8 Å². The highest BCUT2D eigenvalue weighted by molar-refractivity contribution is 9.10. The van der Waals surface area contributed by atoms with E-state index in [9.17, 15) is 10.1 Å². The van der Waals surface area contributed by atoms with Crippen molar-refractivity contribution in [1.82, 2.24) is 4.98 Å². The molecule has 21 heavy (non-hydrogen) atoms. The molecule has 0 fully saturated rings. The van der Waals surface area contributed by atoms with Crippen LogP contribution in [0.2, 0.25) is 5.02 Å². The molecule has 0 aliphatic rings. The van der Waals surface area contributed by atoms with Crippen molar-refractivity contribution in [2.75, 3.05) is 5.43 Å². The van der Waals surface area contributed by atoms with E-state index in [0.717, 1.165) is 0 Å². The number of aromatic nitrogens is 1. The molecule has 0 radical (unpaired) electrons. The molecular weight excluding hydrogens is 364 g/mol. The summed E-state index contributed by atoms with van der Waals surface area (Å²) in [6, 6.07) is 6.21. The average molecular weight is 374 g/mol. The van der Waals surface area contributed by atoms with Crippen LogP contribution in [0, 0.1) is 10.1 Å². The summed E-state index contributed by atoms with van der Waals surface area (Å²) in [5.41, 5.74) is 2.88. The van der Waals surface area contributed by atoms with E-state index in [-0.39, 0.29) is 23.1 Å². The van der Waals surface area contributed by atoms with Crippen molar-refractivity contribution in [3.63, 3.8) is 0 Å². The summed E-state index contributed by atoms with van der Waals surface area (Å²) < 4.78 is 5.93. The Morgan fingerprint density at radius 2 is 2.29 bits per heavy atom. The number of nitrogens with one attached hydrogen (secondary N) is 1. The highest BCUT2D eigenvalue weighted by Gasteiger charge is 2.20. The molecule has 2 rings (SSSR count). The number of halogens is 2. The molecule has 110 valence electrons. The fourth-order valence-corrected chi connectivity index (χ4v) is 2.57. The lowest BCUT2D eigenvalue weighted by atomic mass is 10.2. The van der Waals surface area contributed by atoms with Gasteiger partial charge < -0.3 is 10.2 Å². The molecule has 1 aromatic carbocycles. The van der Waals surface area contributed by atoms with E-state index in [1.165, 1.54) is 12.1 Å². The molecule has 0 amide bonds. The normalized spacial score (nSPS) is 10.2. The molecule has 2 aromatic rings. The molecule has 0 spiro atoms. The average Bonchev–Trinajstić information content (AvgIpc) is 2.45.